The van der Waals surface area contributed by atoms with Gasteiger partial charge in [0.25, 0.3) is 10.0 Å². The lowest BCUT2D eigenvalue weighted by Crippen LogP contribution is -2.52. The average Bonchev–Trinajstić information content (AvgIpc) is 2.91. The van der Waals surface area contributed by atoms with E-state index in [1.807, 2.05) is 39.8 Å². The zero-order chi connectivity index (χ0) is 28.7. The number of hydrogen-bond donors (Lipinski definition) is 1. The van der Waals surface area contributed by atoms with Crippen molar-refractivity contribution in [1.29, 1.82) is 0 Å². The number of rotatable bonds is 11. The van der Waals surface area contributed by atoms with Crippen LogP contribution < -0.4 is 9.62 Å². The van der Waals surface area contributed by atoms with E-state index in [4.69, 9.17) is 11.6 Å². The van der Waals surface area contributed by atoms with E-state index in [1.54, 1.807) is 55.5 Å². The second-order valence-corrected chi connectivity index (χ2v) is 12.1. The Morgan fingerprint density at radius 3 is 2.18 bits per heavy atom. The molecule has 0 saturated heterocycles. The average molecular weight is 570 g/mol. The predicted octanol–water partition coefficient (Wildman–Crippen LogP) is 5.48. The molecule has 9 heteroatoms. The van der Waals surface area contributed by atoms with Crippen LogP contribution in [-0.4, -0.2) is 43.8 Å². The van der Waals surface area contributed by atoms with Gasteiger partial charge in [-0.2, -0.15) is 0 Å². The molecule has 0 heterocycles. The van der Waals surface area contributed by atoms with Crippen molar-refractivity contribution < 1.29 is 18.0 Å². The molecule has 0 aliphatic heterocycles. The fourth-order valence-electron chi connectivity index (χ4n) is 4.15. The van der Waals surface area contributed by atoms with Gasteiger partial charge >= 0.3 is 0 Å². The first-order valence-electron chi connectivity index (χ1n) is 12.9. The van der Waals surface area contributed by atoms with E-state index in [2.05, 4.69) is 5.32 Å². The van der Waals surface area contributed by atoms with Gasteiger partial charge in [0, 0.05) is 17.6 Å². The van der Waals surface area contributed by atoms with Crippen LogP contribution in [0.5, 0.6) is 0 Å². The number of hydrogen-bond acceptors (Lipinski definition) is 4. The third-order valence-corrected chi connectivity index (χ3v) is 8.69. The van der Waals surface area contributed by atoms with Gasteiger partial charge in [-0.15, -0.1) is 0 Å². The molecule has 39 heavy (non-hydrogen) atoms. The molecule has 0 aliphatic rings. The minimum Gasteiger partial charge on any atom is -0.352 e. The van der Waals surface area contributed by atoms with E-state index >= 15 is 0 Å². The van der Waals surface area contributed by atoms with Gasteiger partial charge in [0.2, 0.25) is 11.8 Å². The number of aryl methyl sites for hydroxylation is 2. The first-order valence-corrected chi connectivity index (χ1v) is 14.7. The number of nitrogens with zero attached hydrogens (tertiary/aromatic N) is 2. The van der Waals surface area contributed by atoms with Gasteiger partial charge in [-0.1, -0.05) is 66.6 Å². The van der Waals surface area contributed by atoms with Crippen LogP contribution in [0.3, 0.4) is 0 Å². The number of benzene rings is 3. The summed E-state index contributed by atoms with van der Waals surface area (Å²) in [6, 6.07) is 19.5. The third kappa shape index (κ3) is 7.61. The highest BCUT2D eigenvalue weighted by Gasteiger charge is 2.33. The molecule has 0 aromatic heterocycles. The molecule has 3 aromatic carbocycles. The Bertz CT molecular complexity index is 1400. The normalized spacial score (nSPS) is 12.9. The number of nitrogens with one attached hydrogen (secondary N) is 1. The molecule has 0 aliphatic carbocycles. The van der Waals surface area contributed by atoms with Gasteiger partial charge in [0.15, 0.2) is 0 Å². The second-order valence-electron chi connectivity index (χ2n) is 9.76. The monoisotopic (exact) mass is 569 g/mol. The van der Waals surface area contributed by atoms with E-state index in [9.17, 15) is 18.0 Å². The Kier molecular flexibility index (Phi) is 10.2. The van der Waals surface area contributed by atoms with Gasteiger partial charge in [0.05, 0.1) is 10.6 Å². The topological polar surface area (TPSA) is 86.8 Å². The molecule has 2 unspecified atom stereocenters. The molecule has 2 amide bonds. The molecule has 0 saturated carbocycles. The van der Waals surface area contributed by atoms with Gasteiger partial charge in [0.1, 0.15) is 12.6 Å². The van der Waals surface area contributed by atoms with Crippen LogP contribution in [0.4, 0.5) is 5.69 Å². The van der Waals surface area contributed by atoms with Gasteiger partial charge in [-0.05, 0) is 75.6 Å². The summed E-state index contributed by atoms with van der Waals surface area (Å²) in [5.41, 5.74) is 2.86. The molecule has 0 radical (unpaired) electrons. The summed E-state index contributed by atoms with van der Waals surface area (Å²) in [4.78, 5) is 28.6. The summed E-state index contributed by atoms with van der Waals surface area (Å²) >= 11 is 6.05. The zero-order valence-corrected chi connectivity index (χ0v) is 24.6. The molecule has 2 atom stereocenters. The molecule has 7 nitrogen and oxygen atoms in total. The molecule has 1 N–H and O–H groups in total. The molecule has 0 fully saturated rings. The van der Waals surface area contributed by atoms with Crippen molar-refractivity contribution in [3.8, 4) is 0 Å². The first kappa shape index (κ1) is 30.2. The van der Waals surface area contributed by atoms with Gasteiger partial charge in [-0.3, -0.25) is 13.9 Å². The van der Waals surface area contributed by atoms with Crippen LogP contribution in [0.15, 0.2) is 77.7 Å². The Morgan fingerprint density at radius 1 is 0.949 bits per heavy atom. The Labute approximate surface area is 236 Å². The van der Waals surface area contributed by atoms with Gasteiger partial charge < -0.3 is 10.2 Å². The van der Waals surface area contributed by atoms with E-state index in [-0.39, 0.29) is 23.4 Å². The maximum atomic E-state index is 14.0. The number of halogens is 1. The number of carbonyl (C=O) groups is 2. The summed E-state index contributed by atoms with van der Waals surface area (Å²) in [5, 5.41) is 3.48. The van der Waals surface area contributed by atoms with E-state index in [0.29, 0.717) is 16.3 Å². The highest BCUT2D eigenvalue weighted by atomic mass is 35.5. The van der Waals surface area contributed by atoms with Crippen LogP contribution >= 0.6 is 11.6 Å². The molecule has 0 spiro atoms. The lowest BCUT2D eigenvalue weighted by molar-refractivity contribution is -0.139. The highest BCUT2D eigenvalue weighted by Crippen LogP contribution is 2.28. The van der Waals surface area contributed by atoms with E-state index < -0.39 is 28.5 Å². The fraction of sp³-hybridized carbons (Fsp3) is 0.333. The highest BCUT2D eigenvalue weighted by molar-refractivity contribution is 7.92. The minimum absolute atomic E-state index is 0.0717. The van der Waals surface area contributed by atoms with Crippen LogP contribution in [0.2, 0.25) is 5.02 Å². The molecule has 3 aromatic rings. The van der Waals surface area contributed by atoms with Crippen LogP contribution in [0.25, 0.3) is 0 Å². The first-order chi connectivity index (χ1) is 18.4. The maximum absolute atomic E-state index is 14.0. The fourth-order valence-corrected chi connectivity index (χ4v) is 5.78. The van der Waals surface area contributed by atoms with Crippen LogP contribution in [-0.2, 0) is 26.2 Å². The van der Waals surface area contributed by atoms with E-state index in [1.165, 1.54) is 17.0 Å². The van der Waals surface area contributed by atoms with Crippen molar-refractivity contribution in [3.05, 3.63) is 94.5 Å². The zero-order valence-electron chi connectivity index (χ0n) is 23.0. The summed E-state index contributed by atoms with van der Waals surface area (Å²) in [5.74, 6) is -0.813. The lowest BCUT2D eigenvalue weighted by atomic mass is 10.1. The Balaban J connectivity index is 2.04. The molecular formula is C30H36ClN3O4S. The van der Waals surface area contributed by atoms with Crippen molar-refractivity contribution in [3.63, 3.8) is 0 Å². The molecular weight excluding hydrogens is 534 g/mol. The standard InChI is InChI=1S/C30H36ClN3O4S/c1-6-23(4)32-30(36)24(5)33(19-25-13-15-26(31)16-14-25)29(35)20-34(28-17-12-21(2)18-22(28)3)39(37,38)27-10-8-7-9-11-27/h7-18,23-24H,6,19-20H2,1-5H3,(H,32,36). The molecule has 3 rings (SSSR count). The van der Waals surface area contributed by atoms with Crippen molar-refractivity contribution >= 4 is 39.1 Å². The third-order valence-electron chi connectivity index (χ3n) is 6.67. The predicted molar refractivity (Wildman–Crippen MR) is 156 cm³/mol. The van der Waals surface area contributed by atoms with Crippen molar-refractivity contribution in [2.24, 2.45) is 0 Å². The summed E-state index contributed by atoms with van der Waals surface area (Å²) in [7, 11) is -4.10. The summed E-state index contributed by atoms with van der Waals surface area (Å²) in [6.45, 7) is 8.87. The van der Waals surface area contributed by atoms with Crippen LogP contribution in [0.1, 0.15) is 43.9 Å². The summed E-state index contributed by atoms with van der Waals surface area (Å²) in [6.07, 6.45) is 0.736. The Morgan fingerprint density at radius 2 is 1.59 bits per heavy atom. The molecule has 208 valence electrons. The SMILES string of the molecule is CCC(C)NC(=O)C(C)N(Cc1ccc(Cl)cc1)C(=O)CN(c1ccc(C)cc1C)S(=O)(=O)c1ccccc1. The smallest absolute Gasteiger partial charge is 0.264 e. The number of sulfonamides is 1. The van der Waals surface area contributed by atoms with Crippen molar-refractivity contribution in [2.45, 2.75) is 64.6 Å². The second kappa shape index (κ2) is 13.1. The largest absolute Gasteiger partial charge is 0.352 e. The van der Waals surface area contributed by atoms with E-state index in [0.717, 1.165) is 21.9 Å². The number of carbonyl (C=O) groups excluding carboxylic acids is 2. The van der Waals surface area contributed by atoms with Crippen molar-refractivity contribution in [1.82, 2.24) is 10.2 Å². The quantitative estimate of drug-likeness (QED) is 0.331. The Hall–Kier alpha value is -3.36. The lowest BCUT2D eigenvalue weighted by Gasteiger charge is -2.33. The van der Waals surface area contributed by atoms with Gasteiger partial charge in [-0.25, -0.2) is 8.42 Å². The molecule has 0 bridgehead atoms. The maximum Gasteiger partial charge on any atom is 0.264 e. The number of anilines is 1. The number of amides is 2. The minimum atomic E-state index is -4.10. The van der Waals surface area contributed by atoms with Crippen molar-refractivity contribution in [2.75, 3.05) is 10.8 Å². The van der Waals surface area contributed by atoms with Crippen LogP contribution in [0, 0.1) is 13.8 Å². The summed E-state index contributed by atoms with van der Waals surface area (Å²) < 4.78 is 28.9.